The van der Waals surface area contributed by atoms with Gasteiger partial charge in [-0.2, -0.15) is 0 Å². The molecule has 2 aromatic heterocycles. The lowest BCUT2D eigenvalue weighted by Crippen LogP contribution is -2.24. The van der Waals surface area contributed by atoms with E-state index in [1.54, 1.807) is 60.9 Å². The van der Waals surface area contributed by atoms with Crippen molar-refractivity contribution < 1.29 is 13.6 Å². The van der Waals surface area contributed by atoms with Gasteiger partial charge in [-0.05, 0) is 53.9 Å². The number of nitrogens with zero attached hydrogens (tertiary/aromatic N) is 2. The van der Waals surface area contributed by atoms with E-state index in [-0.39, 0.29) is 5.82 Å². The van der Waals surface area contributed by atoms with Crippen LogP contribution in [0.3, 0.4) is 0 Å². The van der Waals surface area contributed by atoms with E-state index in [0.717, 1.165) is 5.56 Å². The second-order valence-corrected chi connectivity index (χ2v) is 7.54. The van der Waals surface area contributed by atoms with Crippen LogP contribution >= 0.6 is 0 Å². The second kappa shape index (κ2) is 9.99. The summed E-state index contributed by atoms with van der Waals surface area (Å²) in [7, 11) is 0. The Kier molecular flexibility index (Phi) is 6.69. The molecule has 5 nitrogen and oxygen atoms in total. The van der Waals surface area contributed by atoms with Crippen LogP contribution in [-0.2, 0) is 11.2 Å². The zero-order chi connectivity index (χ0) is 23.2. The van der Waals surface area contributed by atoms with Crippen LogP contribution in [0.15, 0.2) is 85.2 Å². The topological polar surface area (TPSA) is 80.9 Å². The van der Waals surface area contributed by atoms with Crippen molar-refractivity contribution in [2.24, 2.45) is 5.73 Å². The van der Waals surface area contributed by atoms with Crippen molar-refractivity contribution in [3.05, 3.63) is 114 Å². The molecule has 0 aliphatic heterocycles. The molecule has 4 rings (SSSR count). The highest BCUT2D eigenvalue weighted by atomic mass is 19.1. The standard InChI is InChI=1S/C26H22F2N4O/c27-19-7-3-5-17(15-19)12-14-31-26-21(24(25(29)33)18-6-4-13-30-16-18)10-11-23(32-26)20-8-1-2-9-22(20)28/h1-11,13,15-16,24H,12,14H2,(H2,29,33)(H,31,32). The lowest BCUT2D eigenvalue weighted by atomic mass is 9.91. The first-order chi connectivity index (χ1) is 16.0. The SMILES string of the molecule is NC(=O)C(c1cccnc1)c1ccc(-c2ccccc2F)nc1NCCc1cccc(F)c1. The molecule has 3 N–H and O–H groups in total. The molecule has 2 aromatic carbocycles. The molecule has 0 fully saturated rings. The number of pyridine rings is 2. The number of carbonyl (C=O) groups is 1. The number of hydrogen-bond acceptors (Lipinski definition) is 4. The van der Waals surface area contributed by atoms with Gasteiger partial charge in [-0.1, -0.05) is 36.4 Å². The van der Waals surface area contributed by atoms with E-state index in [9.17, 15) is 13.6 Å². The fourth-order valence-electron chi connectivity index (χ4n) is 3.72. The number of carbonyl (C=O) groups excluding carboxylic acids is 1. The molecule has 2 heterocycles. The summed E-state index contributed by atoms with van der Waals surface area (Å²) < 4.78 is 27.9. The fraction of sp³-hybridized carbons (Fsp3) is 0.115. The third-order valence-corrected chi connectivity index (χ3v) is 5.28. The molecule has 0 saturated carbocycles. The van der Waals surface area contributed by atoms with E-state index in [1.807, 2.05) is 6.07 Å². The van der Waals surface area contributed by atoms with Gasteiger partial charge in [0.05, 0.1) is 11.6 Å². The number of primary amides is 1. The van der Waals surface area contributed by atoms with Gasteiger partial charge >= 0.3 is 0 Å². The lowest BCUT2D eigenvalue weighted by Gasteiger charge is -2.19. The zero-order valence-corrected chi connectivity index (χ0v) is 17.7. The van der Waals surface area contributed by atoms with E-state index in [4.69, 9.17) is 5.73 Å². The molecule has 4 aromatic rings. The highest BCUT2D eigenvalue weighted by molar-refractivity contribution is 5.87. The Hall–Kier alpha value is -4.13. The molecule has 0 saturated heterocycles. The number of hydrogen-bond donors (Lipinski definition) is 2. The zero-order valence-electron chi connectivity index (χ0n) is 17.7. The van der Waals surface area contributed by atoms with E-state index in [2.05, 4.69) is 15.3 Å². The minimum absolute atomic E-state index is 0.307. The molecule has 7 heteroatoms. The highest BCUT2D eigenvalue weighted by Gasteiger charge is 2.25. The Bertz CT molecular complexity index is 1260. The number of anilines is 1. The van der Waals surface area contributed by atoms with Crippen molar-refractivity contribution in [3.63, 3.8) is 0 Å². The fourth-order valence-corrected chi connectivity index (χ4v) is 3.72. The van der Waals surface area contributed by atoms with Gasteiger partial charge in [0, 0.05) is 30.1 Å². The predicted octanol–water partition coefficient (Wildman–Crippen LogP) is 4.69. The van der Waals surface area contributed by atoms with E-state index >= 15 is 0 Å². The Labute approximate surface area is 190 Å². The summed E-state index contributed by atoms with van der Waals surface area (Å²) >= 11 is 0. The maximum Gasteiger partial charge on any atom is 0.229 e. The van der Waals surface area contributed by atoms with Crippen LogP contribution in [0.1, 0.15) is 22.6 Å². The summed E-state index contributed by atoms with van der Waals surface area (Å²) in [6, 6.07) is 19.6. The number of nitrogens with one attached hydrogen (secondary N) is 1. The van der Waals surface area contributed by atoms with Gasteiger partial charge in [0.25, 0.3) is 0 Å². The number of amides is 1. The molecule has 166 valence electrons. The van der Waals surface area contributed by atoms with Gasteiger partial charge in [-0.25, -0.2) is 13.8 Å². The van der Waals surface area contributed by atoms with Gasteiger partial charge in [0.2, 0.25) is 5.91 Å². The molecule has 0 aliphatic carbocycles. The summed E-state index contributed by atoms with van der Waals surface area (Å²) in [5.74, 6) is -1.66. The monoisotopic (exact) mass is 444 g/mol. The molecule has 0 radical (unpaired) electrons. The number of halogens is 2. The predicted molar refractivity (Wildman–Crippen MR) is 123 cm³/mol. The minimum atomic E-state index is -0.794. The first kappa shape index (κ1) is 22.1. The molecule has 0 aliphatic rings. The van der Waals surface area contributed by atoms with Crippen LogP contribution in [0.4, 0.5) is 14.6 Å². The second-order valence-electron chi connectivity index (χ2n) is 7.54. The summed E-state index contributed by atoms with van der Waals surface area (Å²) in [6.45, 7) is 0.419. The quantitative estimate of drug-likeness (QED) is 0.413. The van der Waals surface area contributed by atoms with E-state index in [0.29, 0.717) is 41.2 Å². The number of rotatable bonds is 8. The summed E-state index contributed by atoms with van der Waals surface area (Å²) in [4.78, 5) is 21.2. The first-order valence-corrected chi connectivity index (χ1v) is 10.5. The maximum absolute atomic E-state index is 14.4. The van der Waals surface area contributed by atoms with E-state index in [1.165, 1.54) is 18.2 Å². The number of aromatic nitrogens is 2. The van der Waals surface area contributed by atoms with Crippen molar-refractivity contribution in [2.45, 2.75) is 12.3 Å². The molecule has 1 amide bonds. The number of benzene rings is 2. The average Bonchev–Trinajstić information content (AvgIpc) is 2.81. The smallest absolute Gasteiger partial charge is 0.229 e. The molecule has 1 unspecified atom stereocenters. The van der Waals surface area contributed by atoms with Gasteiger partial charge < -0.3 is 11.1 Å². The normalized spacial score (nSPS) is 11.7. The van der Waals surface area contributed by atoms with Crippen LogP contribution in [0.25, 0.3) is 11.3 Å². The van der Waals surface area contributed by atoms with Crippen molar-refractivity contribution in [2.75, 3.05) is 11.9 Å². The van der Waals surface area contributed by atoms with Crippen LogP contribution in [0.5, 0.6) is 0 Å². The molecular formula is C26H22F2N4O. The lowest BCUT2D eigenvalue weighted by molar-refractivity contribution is -0.118. The molecule has 33 heavy (non-hydrogen) atoms. The Morgan fingerprint density at radius 3 is 2.58 bits per heavy atom. The van der Waals surface area contributed by atoms with Gasteiger partial charge in [0.1, 0.15) is 17.5 Å². The molecule has 0 bridgehead atoms. The van der Waals surface area contributed by atoms with Crippen molar-refractivity contribution in [1.82, 2.24) is 9.97 Å². The largest absolute Gasteiger partial charge is 0.369 e. The van der Waals surface area contributed by atoms with Crippen molar-refractivity contribution in [1.29, 1.82) is 0 Å². The Balaban J connectivity index is 1.71. The van der Waals surface area contributed by atoms with Crippen LogP contribution in [0.2, 0.25) is 0 Å². The first-order valence-electron chi connectivity index (χ1n) is 10.5. The van der Waals surface area contributed by atoms with Gasteiger partial charge in [0.15, 0.2) is 0 Å². The molecule has 0 spiro atoms. The Morgan fingerprint density at radius 1 is 1.00 bits per heavy atom. The maximum atomic E-state index is 14.4. The summed E-state index contributed by atoms with van der Waals surface area (Å²) in [5.41, 5.74) is 8.50. The number of nitrogens with two attached hydrogens (primary N) is 1. The minimum Gasteiger partial charge on any atom is -0.369 e. The van der Waals surface area contributed by atoms with Crippen molar-refractivity contribution in [3.8, 4) is 11.3 Å². The van der Waals surface area contributed by atoms with Crippen LogP contribution < -0.4 is 11.1 Å². The average molecular weight is 444 g/mol. The Morgan fingerprint density at radius 2 is 1.85 bits per heavy atom. The van der Waals surface area contributed by atoms with Crippen molar-refractivity contribution >= 4 is 11.7 Å². The van der Waals surface area contributed by atoms with Crippen LogP contribution in [-0.4, -0.2) is 22.4 Å². The van der Waals surface area contributed by atoms with Gasteiger partial charge in [-0.15, -0.1) is 0 Å². The summed E-state index contributed by atoms with van der Waals surface area (Å²) in [6.07, 6.45) is 3.72. The third-order valence-electron chi connectivity index (χ3n) is 5.28. The highest BCUT2D eigenvalue weighted by Crippen LogP contribution is 2.32. The third kappa shape index (κ3) is 5.20. The van der Waals surface area contributed by atoms with Gasteiger partial charge in [-0.3, -0.25) is 9.78 Å². The van der Waals surface area contributed by atoms with Crippen LogP contribution in [0, 0.1) is 11.6 Å². The summed E-state index contributed by atoms with van der Waals surface area (Å²) in [5, 5.41) is 3.23. The molecular weight excluding hydrogens is 422 g/mol. The van der Waals surface area contributed by atoms with E-state index < -0.39 is 17.6 Å². The molecule has 1 atom stereocenters.